The Morgan fingerprint density at radius 1 is 0.721 bits per heavy atom. The summed E-state index contributed by atoms with van der Waals surface area (Å²) >= 11 is 0. The van der Waals surface area contributed by atoms with Gasteiger partial charge in [-0.1, -0.05) is 76.4 Å². The van der Waals surface area contributed by atoms with Gasteiger partial charge in [-0.3, -0.25) is 9.88 Å². The fraction of sp³-hybridized carbons (Fsp3) is 0.479. The highest BCUT2D eigenvalue weighted by Crippen LogP contribution is 3.02. The van der Waals surface area contributed by atoms with Crippen LogP contribution >= 0.6 is 10.2 Å². The van der Waals surface area contributed by atoms with Crippen molar-refractivity contribution in [1.82, 2.24) is 24.6 Å². The van der Waals surface area contributed by atoms with Crippen LogP contribution in [-0.4, -0.2) is 87.0 Å². The highest BCUT2D eigenvalue weighted by molar-refractivity contribution is 8.45. The summed E-state index contributed by atoms with van der Waals surface area (Å²) < 4.78 is 138. The Hall–Kier alpha value is -5.08. The number of likely N-dealkylation sites (tertiary alicyclic amines) is 2. The van der Waals surface area contributed by atoms with Gasteiger partial charge in [-0.2, -0.15) is 13.2 Å². The molecule has 9 nitrogen and oxygen atoms in total. The van der Waals surface area contributed by atoms with Gasteiger partial charge in [0.05, 0.1) is 5.56 Å². The lowest BCUT2D eigenvalue weighted by molar-refractivity contribution is -0.139. The number of benzene rings is 3. The number of nitrogens with one attached hydrogen (secondary N) is 2. The summed E-state index contributed by atoms with van der Waals surface area (Å²) in [5.41, 5.74) is 0.0436. The molecule has 1 aromatic heterocycles. The smallest absolute Gasteiger partial charge is 0.317 e. The number of piperidine rings is 2. The summed E-state index contributed by atoms with van der Waals surface area (Å²) in [5.74, 6) is -3.60. The fourth-order valence-corrected chi connectivity index (χ4v) is 10.2. The molecule has 2 unspecified atom stereocenters. The van der Waals surface area contributed by atoms with Crippen LogP contribution < -0.4 is 10.6 Å². The summed E-state index contributed by atoms with van der Waals surface area (Å²) in [6, 6.07) is 12.2. The molecule has 2 fully saturated rings. The number of alkyl halides is 3. The first-order valence-electron chi connectivity index (χ1n) is 22.9. The molecule has 4 amide bonds. The second-order valence-corrected chi connectivity index (χ2v) is 20.2. The monoisotopic (exact) mass is 987 g/mol. The van der Waals surface area contributed by atoms with Gasteiger partial charge in [0, 0.05) is 87.2 Å². The summed E-state index contributed by atoms with van der Waals surface area (Å²) in [6.07, 6.45) is 4.67. The molecule has 2 aliphatic rings. The fourth-order valence-electron chi connectivity index (χ4n) is 9.38. The van der Waals surface area contributed by atoms with Crippen molar-refractivity contribution in [2.45, 2.75) is 127 Å². The Balaban J connectivity index is 1.20. The van der Waals surface area contributed by atoms with Crippen molar-refractivity contribution in [2.24, 2.45) is 0 Å². The average molecular weight is 988 g/mol. The Kier molecular flexibility index (Phi) is 16.1. The SMILES string of the molecule is CCCC(C)N1CCC(N(Cc2cnccc2CC(CCC)N2CCC(N(Cc3ccccc3)C(=O)Nc3ccc(F)c(S(F)(F)(F)(F)F)c3)CC2)C(=O)Nc2ccc(F)c(C(F)(F)F)c2)CC1. The second kappa shape index (κ2) is 20.9. The van der Waals surface area contributed by atoms with Gasteiger partial charge in [-0.15, -0.1) is 0 Å². The number of hydrogen-bond donors (Lipinski definition) is 2. The van der Waals surface area contributed by atoms with Crippen LogP contribution in [0.4, 0.5) is 62.3 Å². The van der Waals surface area contributed by atoms with Crippen molar-refractivity contribution in [3.05, 3.63) is 119 Å². The lowest BCUT2D eigenvalue weighted by atomic mass is 9.94. The molecule has 0 bridgehead atoms. The van der Waals surface area contributed by atoms with E-state index in [0.29, 0.717) is 82.0 Å². The van der Waals surface area contributed by atoms with Crippen LogP contribution in [0.3, 0.4) is 0 Å². The van der Waals surface area contributed by atoms with E-state index in [2.05, 4.69) is 46.2 Å². The first-order valence-corrected chi connectivity index (χ1v) is 24.9. The van der Waals surface area contributed by atoms with E-state index in [1.54, 1.807) is 47.6 Å². The number of urea groups is 2. The standard InChI is InChI=1S/C48H59F10N7O2S/c1-4-9-33(3)62-23-18-40(19-24-62)65(47(67)60-37-13-15-43(49)42(28-37)48(51,52)53)32-36-30-59-22-17-35(36)27-41(10-5-2)63-25-20-39(21-26-63)64(31-34-11-7-6-8-12-34)46(66)61-38-14-16-44(50)45(29-38)68(54,55,56,57)58/h6-8,11-17,22,28-30,33,39-41H,4-5,9-10,18-21,23-27,31-32H2,1-3H3,(H,60,67)(H,61,66). The van der Waals surface area contributed by atoms with Crippen molar-refractivity contribution < 1.29 is 51.0 Å². The molecule has 0 saturated carbocycles. The van der Waals surface area contributed by atoms with Crippen molar-refractivity contribution in [2.75, 3.05) is 36.8 Å². The molecule has 2 aliphatic heterocycles. The maximum Gasteiger partial charge on any atom is 0.419 e. The number of nitrogens with zero attached hydrogens (tertiary/aromatic N) is 5. The van der Waals surface area contributed by atoms with Crippen LogP contribution in [0.1, 0.15) is 94.4 Å². The van der Waals surface area contributed by atoms with Gasteiger partial charge < -0.3 is 25.3 Å². The average Bonchev–Trinajstić information content (AvgIpc) is 3.28. The van der Waals surface area contributed by atoms with Crippen molar-refractivity contribution in [1.29, 1.82) is 0 Å². The summed E-state index contributed by atoms with van der Waals surface area (Å²) in [7, 11) is -10.4. The first kappa shape index (κ1) is 52.3. The molecular formula is C48H59F10N7O2S. The van der Waals surface area contributed by atoms with Crippen LogP contribution in [0.25, 0.3) is 0 Å². The van der Waals surface area contributed by atoms with Gasteiger partial charge >= 0.3 is 28.5 Å². The molecule has 20 heteroatoms. The van der Waals surface area contributed by atoms with E-state index in [4.69, 9.17) is 0 Å². The molecule has 2 atom stereocenters. The zero-order valence-electron chi connectivity index (χ0n) is 38.2. The molecule has 2 N–H and O–H groups in total. The third-order valence-corrected chi connectivity index (χ3v) is 14.1. The normalized spacial score (nSPS) is 17.7. The zero-order chi connectivity index (χ0) is 49.5. The maximum absolute atomic E-state index is 14.2. The predicted molar refractivity (Wildman–Crippen MR) is 245 cm³/mol. The van der Waals surface area contributed by atoms with Crippen LogP contribution in [-0.2, 0) is 25.7 Å². The molecule has 4 aromatic rings. The molecular weight excluding hydrogens is 929 g/mol. The van der Waals surface area contributed by atoms with Gasteiger partial charge in [0.2, 0.25) is 0 Å². The van der Waals surface area contributed by atoms with E-state index < -0.39 is 62.3 Å². The predicted octanol–water partition coefficient (Wildman–Crippen LogP) is 13.6. The third kappa shape index (κ3) is 13.8. The number of amides is 4. The minimum atomic E-state index is -10.4. The molecule has 374 valence electrons. The second-order valence-electron chi connectivity index (χ2n) is 17.9. The Bertz CT molecular complexity index is 2350. The van der Waals surface area contributed by atoms with Crippen LogP contribution in [0.2, 0.25) is 0 Å². The molecule has 0 aliphatic carbocycles. The van der Waals surface area contributed by atoms with E-state index in [9.17, 15) is 51.0 Å². The number of pyridine rings is 1. The minimum Gasteiger partial charge on any atom is -0.317 e. The Labute approximate surface area is 391 Å². The number of anilines is 2. The number of aromatic nitrogens is 1. The molecule has 0 spiro atoms. The van der Waals surface area contributed by atoms with E-state index in [1.807, 2.05) is 6.07 Å². The molecule has 2 saturated heterocycles. The van der Waals surface area contributed by atoms with Gasteiger partial charge in [-0.05, 0) is 111 Å². The summed E-state index contributed by atoms with van der Waals surface area (Å²) in [5, 5.41) is 4.91. The minimum absolute atomic E-state index is 0.0198. The largest absolute Gasteiger partial charge is 0.419 e. The van der Waals surface area contributed by atoms with Crippen LogP contribution in [0, 0.1) is 11.6 Å². The van der Waals surface area contributed by atoms with Crippen molar-refractivity contribution in [3.8, 4) is 0 Å². The number of hydrogen-bond acceptors (Lipinski definition) is 5. The number of carbonyl (C=O) groups excluding carboxylic acids is 2. The molecule has 3 heterocycles. The van der Waals surface area contributed by atoms with Gasteiger partial charge in [0.1, 0.15) is 16.5 Å². The van der Waals surface area contributed by atoms with E-state index in [1.165, 1.54) is 4.90 Å². The third-order valence-electron chi connectivity index (χ3n) is 13.0. The number of carbonyl (C=O) groups is 2. The van der Waals surface area contributed by atoms with Crippen molar-refractivity contribution >= 4 is 33.7 Å². The van der Waals surface area contributed by atoms with E-state index >= 15 is 0 Å². The van der Waals surface area contributed by atoms with E-state index in [0.717, 1.165) is 48.9 Å². The maximum atomic E-state index is 14.2. The molecule has 0 radical (unpaired) electrons. The Morgan fingerprint density at radius 3 is 1.82 bits per heavy atom. The highest BCUT2D eigenvalue weighted by Gasteiger charge is 2.67. The number of halogens is 10. The highest BCUT2D eigenvalue weighted by atomic mass is 32.5. The molecule has 3 aromatic carbocycles. The van der Waals surface area contributed by atoms with Crippen LogP contribution in [0.5, 0.6) is 0 Å². The topological polar surface area (TPSA) is 84.1 Å². The first-order chi connectivity index (χ1) is 31.9. The summed E-state index contributed by atoms with van der Waals surface area (Å²) in [4.78, 5) is 37.5. The van der Waals surface area contributed by atoms with Crippen LogP contribution in [0.15, 0.2) is 90.1 Å². The number of rotatable bonds is 17. The zero-order valence-corrected chi connectivity index (χ0v) is 39.1. The molecule has 68 heavy (non-hydrogen) atoms. The van der Waals surface area contributed by atoms with E-state index in [-0.39, 0.29) is 43.0 Å². The van der Waals surface area contributed by atoms with Gasteiger partial charge in [0.25, 0.3) is 0 Å². The van der Waals surface area contributed by atoms with Crippen molar-refractivity contribution in [3.63, 3.8) is 0 Å². The Morgan fingerprint density at radius 2 is 1.26 bits per heavy atom. The quantitative estimate of drug-likeness (QED) is 0.103. The van der Waals surface area contributed by atoms with Gasteiger partial charge in [-0.25, -0.2) is 18.4 Å². The molecule has 6 rings (SSSR count). The van der Waals surface area contributed by atoms with Gasteiger partial charge in [0.15, 0.2) is 0 Å². The summed E-state index contributed by atoms with van der Waals surface area (Å²) in [6.45, 7) is 8.95. The lowest BCUT2D eigenvalue weighted by Gasteiger charge is -2.42. The lowest BCUT2D eigenvalue weighted by Crippen LogP contribution is -2.51.